The van der Waals surface area contributed by atoms with Crippen molar-refractivity contribution in [1.29, 1.82) is 0 Å². The summed E-state index contributed by atoms with van der Waals surface area (Å²) in [4.78, 5) is 39.9. The Morgan fingerprint density at radius 2 is 1.86 bits per heavy atom. The highest BCUT2D eigenvalue weighted by molar-refractivity contribution is 6.31. The molecule has 3 aromatic carbocycles. The summed E-state index contributed by atoms with van der Waals surface area (Å²) >= 11 is 5.87. The molecule has 0 aromatic heterocycles. The Bertz CT molecular complexity index is 1640. The summed E-state index contributed by atoms with van der Waals surface area (Å²) in [6.07, 6.45) is 2.15. The molecule has 0 radical (unpaired) electrons. The molecule has 2 aliphatic heterocycles. The number of amides is 3. The zero-order valence-corrected chi connectivity index (χ0v) is 24.2. The first kappa shape index (κ1) is 30.2. The third-order valence-corrected chi connectivity index (χ3v) is 8.12. The zero-order valence-electron chi connectivity index (χ0n) is 23.5. The van der Waals surface area contributed by atoms with Crippen LogP contribution in [0, 0.1) is 23.4 Å². The monoisotopic (exact) mass is 611 g/mol. The van der Waals surface area contributed by atoms with Gasteiger partial charge in [-0.2, -0.15) is 0 Å². The maximum Gasteiger partial charge on any atom is 0.411 e. The van der Waals surface area contributed by atoms with Crippen LogP contribution in [-0.2, 0) is 14.3 Å². The maximum absolute atomic E-state index is 15.2. The van der Waals surface area contributed by atoms with E-state index in [4.69, 9.17) is 11.6 Å². The Labute approximate surface area is 251 Å². The lowest BCUT2D eigenvalue weighted by atomic mass is 9.90. The molecular weight excluding hydrogens is 583 g/mol. The molecule has 2 aliphatic rings. The second-order valence-corrected chi connectivity index (χ2v) is 11.1. The summed E-state index contributed by atoms with van der Waals surface area (Å²) in [6.45, 7) is 1.93. The first-order chi connectivity index (χ1) is 20.5. The lowest BCUT2D eigenvalue weighted by Crippen LogP contribution is -2.37. The first-order valence-electron chi connectivity index (χ1n) is 13.8. The highest BCUT2D eigenvalue weighted by atomic mass is 35.5. The molecule has 3 amide bonds. The molecule has 3 aromatic rings. The third kappa shape index (κ3) is 6.39. The van der Waals surface area contributed by atoms with Gasteiger partial charge in [-0.05, 0) is 78.4 Å². The van der Waals surface area contributed by atoms with E-state index in [1.807, 2.05) is 0 Å². The van der Waals surface area contributed by atoms with Gasteiger partial charge in [0.25, 0.3) is 0 Å². The number of rotatable bonds is 3. The number of carbonyl (C=O) groups is 3. The maximum atomic E-state index is 15.2. The standard InChI is InChI=1S/C32H29ClF3N3O4/c1-17-4-3-5-27(39-11-10-18(15-28(39)40)29-25(35)9-8-24(33)30(29)36)20-12-19(13-21(34)14-20)23-7-6-22(37-32(42)43-2)16-26(23)38-31(17)41/h6-9,12-17,27H,3-5,10-11H2,1-2H3,(H,37,42)(H,38,41). The molecule has 7 nitrogen and oxygen atoms in total. The average Bonchev–Trinajstić information content (AvgIpc) is 2.97. The minimum atomic E-state index is -0.925. The highest BCUT2D eigenvalue weighted by Gasteiger charge is 2.31. The molecule has 0 spiro atoms. The smallest absolute Gasteiger partial charge is 0.411 e. The van der Waals surface area contributed by atoms with Crippen LogP contribution in [0.3, 0.4) is 0 Å². The van der Waals surface area contributed by atoms with Gasteiger partial charge in [0.15, 0.2) is 5.82 Å². The van der Waals surface area contributed by atoms with E-state index in [1.165, 1.54) is 25.3 Å². The topological polar surface area (TPSA) is 87.7 Å². The van der Waals surface area contributed by atoms with Gasteiger partial charge in [-0.15, -0.1) is 0 Å². The molecule has 224 valence electrons. The van der Waals surface area contributed by atoms with Crippen molar-refractivity contribution in [2.45, 2.75) is 38.6 Å². The summed E-state index contributed by atoms with van der Waals surface area (Å²) in [5.74, 6) is -3.39. The van der Waals surface area contributed by atoms with Crippen molar-refractivity contribution >= 4 is 46.5 Å². The number of carbonyl (C=O) groups excluding carboxylic acids is 3. The fraction of sp³-hybridized carbons (Fsp3) is 0.281. The number of benzene rings is 3. The second-order valence-electron chi connectivity index (χ2n) is 10.7. The van der Waals surface area contributed by atoms with Crippen LogP contribution in [0.25, 0.3) is 16.7 Å². The summed E-state index contributed by atoms with van der Waals surface area (Å²) in [7, 11) is 1.23. The van der Waals surface area contributed by atoms with Crippen LogP contribution in [0.2, 0.25) is 5.02 Å². The van der Waals surface area contributed by atoms with Crippen molar-refractivity contribution in [1.82, 2.24) is 4.90 Å². The number of ether oxygens (including phenoxy) is 1. The molecular formula is C32H29ClF3N3O4. The second kappa shape index (κ2) is 12.5. The van der Waals surface area contributed by atoms with Gasteiger partial charge in [0.1, 0.15) is 11.6 Å². The minimum Gasteiger partial charge on any atom is -0.453 e. The Kier molecular flexibility index (Phi) is 8.77. The lowest BCUT2D eigenvalue weighted by molar-refractivity contribution is -0.129. The van der Waals surface area contributed by atoms with E-state index in [9.17, 15) is 23.2 Å². The van der Waals surface area contributed by atoms with Gasteiger partial charge < -0.3 is 15.0 Å². The van der Waals surface area contributed by atoms with Crippen molar-refractivity contribution in [2.75, 3.05) is 24.3 Å². The number of anilines is 2. The third-order valence-electron chi connectivity index (χ3n) is 7.83. The van der Waals surface area contributed by atoms with Crippen LogP contribution < -0.4 is 10.6 Å². The number of nitrogens with one attached hydrogen (secondary N) is 2. The lowest BCUT2D eigenvalue weighted by Gasteiger charge is -2.35. The number of nitrogens with zero attached hydrogens (tertiary/aromatic N) is 1. The van der Waals surface area contributed by atoms with Crippen molar-refractivity contribution < 1.29 is 32.3 Å². The molecule has 2 N–H and O–H groups in total. The molecule has 2 atom stereocenters. The summed E-state index contributed by atoms with van der Waals surface area (Å²) in [5, 5.41) is 5.22. The van der Waals surface area contributed by atoms with Crippen molar-refractivity contribution in [2.24, 2.45) is 5.92 Å². The Morgan fingerprint density at radius 1 is 1.07 bits per heavy atom. The van der Waals surface area contributed by atoms with Gasteiger partial charge in [0.05, 0.1) is 29.4 Å². The number of halogens is 4. The van der Waals surface area contributed by atoms with E-state index in [-0.39, 0.29) is 35.0 Å². The summed E-state index contributed by atoms with van der Waals surface area (Å²) in [5.41, 5.74) is 2.11. The van der Waals surface area contributed by atoms with E-state index in [0.717, 1.165) is 12.1 Å². The van der Waals surface area contributed by atoms with Gasteiger partial charge in [-0.3, -0.25) is 14.9 Å². The fourth-order valence-corrected chi connectivity index (χ4v) is 5.75. The van der Waals surface area contributed by atoms with E-state index < -0.39 is 41.4 Å². The van der Waals surface area contributed by atoms with Crippen LogP contribution in [0.5, 0.6) is 0 Å². The van der Waals surface area contributed by atoms with Gasteiger partial charge >= 0.3 is 6.09 Å². The van der Waals surface area contributed by atoms with Crippen molar-refractivity contribution in [3.63, 3.8) is 0 Å². The molecule has 0 fully saturated rings. The van der Waals surface area contributed by atoms with E-state index >= 15 is 4.39 Å². The molecule has 5 rings (SSSR count). The normalized spacial score (nSPS) is 18.9. The number of methoxy groups -OCH3 is 1. The van der Waals surface area contributed by atoms with E-state index in [0.29, 0.717) is 47.3 Å². The predicted octanol–water partition coefficient (Wildman–Crippen LogP) is 7.72. The summed E-state index contributed by atoms with van der Waals surface area (Å²) in [6, 6.07) is 10.9. The molecule has 11 heteroatoms. The van der Waals surface area contributed by atoms with Crippen LogP contribution in [-0.4, -0.2) is 36.5 Å². The van der Waals surface area contributed by atoms with E-state index in [1.54, 1.807) is 36.1 Å². The first-order valence-corrected chi connectivity index (χ1v) is 14.2. The summed E-state index contributed by atoms with van der Waals surface area (Å²) < 4.78 is 49.1. The van der Waals surface area contributed by atoms with Gasteiger partial charge in [-0.1, -0.05) is 31.0 Å². The highest BCUT2D eigenvalue weighted by Crippen LogP contribution is 2.39. The Balaban J connectivity index is 1.56. The molecule has 2 heterocycles. The minimum absolute atomic E-state index is 0.141. The number of hydrogen-bond acceptors (Lipinski definition) is 4. The van der Waals surface area contributed by atoms with Crippen LogP contribution in [0.15, 0.2) is 54.6 Å². The fourth-order valence-electron chi connectivity index (χ4n) is 5.60. The Hall–Kier alpha value is -4.31. The predicted molar refractivity (Wildman–Crippen MR) is 158 cm³/mol. The van der Waals surface area contributed by atoms with Crippen LogP contribution >= 0.6 is 11.6 Å². The Morgan fingerprint density at radius 3 is 2.60 bits per heavy atom. The van der Waals surface area contributed by atoms with Gasteiger partial charge in [0, 0.05) is 29.8 Å². The number of hydrogen-bond donors (Lipinski definition) is 2. The quantitative estimate of drug-likeness (QED) is 0.297. The van der Waals surface area contributed by atoms with E-state index in [2.05, 4.69) is 15.4 Å². The van der Waals surface area contributed by atoms with Crippen molar-refractivity contribution in [3.8, 4) is 11.1 Å². The van der Waals surface area contributed by atoms with Crippen LogP contribution in [0.1, 0.15) is 49.8 Å². The average molecular weight is 612 g/mol. The number of fused-ring (bicyclic) bond motifs is 4. The van der Waals surface area contributed by atoms with Crippen molar-refractivity contribution in [3.05, 3.63) is 88.2 Å². The molecule has 2 unspecified atom stereocenters. The molecule has 0 saturated carbocycles. The molecule has 2 bridgehead atoms. The molecule has 0 saturated heterocycles. The zero-order chi connectivity index (χ0) is 30.8. The van der Waals surface area contributed by atoms with Crippen LogP contribution in [0.4, 0.5) is 29.3 Å². The molecule has 0 aliphatic carbocycles. The largest absolute Gasteiger partial charge is 0.453 e. The van der Waals surface area contributed by atoms with Gasteiger partial charge in [-0.25, -0.2) is 18.0 Å². The molecule has 43 heavy (non-hydrogen) atoms. The SMILES string of the molecule is COC(=O)Nc1ccc2c(c1)NC(=O)C(C)CCCC(N1CCC(c3c(F)ccc(Cl)c3F)=CC1=O)c1cc(F)cc-2c1. The van der Waals surface area contributed by atoms with Gasteiger partial charge in [0.2, 0.25) is 11.8 Å².